The van der Waals surface area contributed by atoms with Gasteiger partial charge in [-0.15, -0.1) is 0 Å². The Hall–Kier alpha value is -3.26. The third-order valence-corrected chi connectivity index (χ3v) is 7.81. The molecule has 8 heteroatoms. The van der Waals surface area contributed by atoms with E-state index in [1.165, 1.54) is 0 Å². The zero-order chi connectivity index (χ0) is 28.1. The van der Waals surface area contributed by atoms with Crippen LogP contribution in [0.1, 0.15) is 63.6 Å². The maximum Gasteiger partial charge on any atom is 0.309 e. The smallest absolute Gasteiger partial charge is 0.309 e. The first-order valence-corrected chi connectivity index (χ1v) is 14.0. The van der Waals surface area contributed by atoms with Gasteiger partial charge in [0, 0.05) is 31.6 Å². The SMILES string of the molecule is COc1ccc([C@@H]2[C@@H](C(=O)O)[C@@H](c3ccc4c(c3)OCO4)CN2CC(=O)N(CCC(C)C)CCC(C)C)cc1. The number of aliphatic carboxylic acids is 1. The van der Waals surface area contributed by atoms with Crippen molar-refractivity contribution in [2.24, 2.45) is 17.8 Å². The molecule has 2 heterocycles. The number of nitrogens with zero attached hydrogens (tertiary/aromatic N) is 2. The molecule has 1 amide bonds. The van der Waals surface area contributed by atoms with Gasteiger partial charge < -0.3 is 24.2 Å². The Morgan fingerprint density at radius 2 is 1.59 bits per heavy atom. The topological polar surface area (TPSA) is 88.5 Å². The summed E-state index contributed by atoms with van der Waals surface area (Å²) in [5.41, 5.74) is 1.73. The lowest BCUT2D eigenvalue weighted by atomic mass is 9.82. The molecule has 2 aromatic rings. The first kappa shape index (κ1) is 28.7. The standard InChI is InChI=1S/C31H42N2O6/c1-20(2)12-14-32(15-13-21(3)4)28(34)18-33-17-25(23-8-11-26-27(16-23)39-19-38-26)29(31(35)36)30(33)22-6-9-24(37-5)10-7-22/h6-11,16,20-21,25,29-30H,12-15,17-19H2,1-5H3,(H,35,36)/t25-,29+,30-/m1/s1. The molecule has 2 aromatic carbocycles. The Morgan fingerprint density at radius 1 is 0.974 bits per heavy atom. The number of carbonyl (C=O) groups is 2. The average molecular weight is 539 g/mol. The predicted molar refractivity (Wildman–Crippen MR) is 149 cm³/mol. The summed E-state index contributed by atoms with van der Waals surface area (Å²) >= 11 is 0. The first-order valence-electron chi connectivity index (χ1n) is 14.0. The number of hydrogen-bond acceptors (Lipinski definition) is 6. The van der Waals surface area contributed by atoms with E-state index in [2.05, 4.69) is 32.6 Å². The molecule has 0 spiro atoms. The number of methoxy groups -OCH3 is 1. The summed E-state index contributed by atoms with van der Waals surface area (Å²) in [5, 5.41) is 10.5. The molecule has 0 unspecified atom stereocenters. The largest absolute Gasteiger partial charge is 0.497 e. The van der Waals surface area contributed by atoms with Gasteiger partial charge in [-0.1, -0.05) is 45.9 Å². The van der Waals surface area contributed by atoms with Crippen LogP contribution in [-0.4, -0.2) is 66.9 Å². The van der Waals surface area contributed by atoms with Crippen LogP contribution in [0.4, 0.5) is 0 Å². The van der Waals surface area contributed by atoms with Crippen LogP contribution in [-0.2, 0) is 9.59 Å². The number of carboxylic acids is 1. The van der Waals surface area contributed by atoms with Crippen LogP contribution in [0.25, 0.3) is 0 Å². The summed E-state index contributed by atoms with van der Waals surface area (Å²) in [7, 11) is 1.61. The van der Waals surface area contributed by atoms with Gasteiger partial charge in [-0.2, -0.15) is 0 Å². The van der Waals surface area contributed by atoms with Gasteiger partial charge in [-0.05, 0) is 60.1 Å². The van der Waals surface area contributed by atoms with E-state index >= 15 is 0 Å². The van der Waals surface area contributed by atoms with Gasteiger partial charge in [-0.3, -0.25) is 14.5 Å². The second-order valence-corrected chi connectivity index (χ2v) is 11.5. The molecule has 1 fully saturated rings. The van der Waals surface area contributed by atoms with Crippen LogP contribution in [0.5, 0.6) is 17.2 Å². The summed E-state index contributed by atoms with van der Waals surface area (Å²) < 4.78 is 16.4. The summed E-state index contributed by atoms with van der Waals surface area (Å²) in [6.07, 6.45) is 1.87. The fourth-order valence-electron chi connectivity index (χ4n) is 5.54. The number of carbonyl (C=O) groups excluding carboxylic acids is 1. The Balaban J connectivity index is 1.66. The Bertz CT molecular complexity index is 1120. The second-order valence-electron chi connectivity index (χ2n) is 11.5. The van der Waals surface area contributed by atoms with Crippen LogP contribution < -0.4 is 14.2 Å². The second kappa shape index (κ2) is 12.7. The van der Waals surface area contributed by atoms with Crippen LogP contribution in [0.3, 0.4) is 0 Å². The van der Waals surface area contributed by atoms with Crippen molar-refractivity contribution in [2.75, 3.05) is 40.1 Å². The molecule has 0 radical (unpaired) electrons. The van der Waals surface area contributed by atoms with Crippen molar-refractivity contribution in [1.82, 2.24) is 9.80 Å². The number of likely N-dealkylation sites (tertiary alicyclic amines) is 1. The quantitative estimate of drug-likeness (QED) is 0.398. The highest BCUT2D eigenvalue weighted by Crippen LogP contribution is 2.47. The van der Waals surface area contributed by atoms with E-state index in [1.54, 1.807) is 7.11 Å². The zero-order valence-corrected chi connectivity index (χ0v) is 23.8. The van der Waals surface area contributed by atoms with Crippen LogP contribution in [0.2, 0.25) is 0 Å². The third kappa shape index (κ3) is 6.85. The molecule has 8 nitrogen and oxygen atoms in total. The summed E-state index contributed by atoms with van der Waals surface area (Å²) in [4.78, 5) is 30.6. The van der Waals surface area contributed by atoms with Gasteiger partial charge in [0.05, 0.1) is 19.6 Å². The number of ether oxygens (including phenoxy) is 3. The van der Waals surface area contributed by atoms with Gasteiger partial charge in [0.15, 0.2) is 11.5 Å². The Labute approximate surface area is 231 Å². The normalized spacial score (nSPS) is 20.5. The lowest BCUT2D eigenvalue weighted by Gasteiger charge is -2.30. The van der Waals surface area contributed by atoms with Gasteiger partial charge in [0.25, 0.3) is 0 Å². The fraction of sp³-hybridized carbons (Fsp3) is 0.548. The maximum atomic E-state index is 13.8. The number of fused-ring (bicyclic) bond motifs is 1. The third-order valence-electron chi connectivity index (χ3n) is 7.81. The maximum absolute atomic E-state index is 13.8. The molecule has 39 heavy (non-hydrogen) atoms. The molecule has 1 N–H and O–H groups in total. The number of benzene rings is 2. The minimum Gasteiger partial charge on any atom is -0.497 e. The Morgan fingerprint density at radius 3 is 2.18 bits per heavy atom. The molecule has 4 rings (SSSR count). The first-order chi connectivity index (χ1) is 18.7. The average Bonchev–Trinajstić information content (AvgIpc) is 3.52. The van der Waals surface area contributed by atoms with Crippen molar-refractivity contribution < 1.29 is 28.9 Å². The molecule has 0 aromatic heterocycles. The lowest BCUT2D eigenvalue weighted by Crippen LogP contribution is -2.42. The van der Waals surface area contributed by atoms with Gasteiger partial charge in [0.1, 0.15) is 5.75 Å². The number of carboxylic acid groups (broad SMARTS) is 1. The summed E-state index contributed by atoms with van der Waals surface area (Å²) in [5.74, 6) is 1.06. The van der Waals surface area contributed by atoms with Gasteiger partial charge in [-0.25, -0.2) is 0 Å². The monoisotopic (exact) mass is 538 g/mol. The van der Waals surface area contributed by atoms with E-state index in [0.29, 0.717) is 48.7 Å². The fourth-order valence-corrected chi connectivity index (χ4v) is 5.54. The Kier molecular flexibility index (Phi) is 9.38. The van der Waals surface area contributed by atoms with Crippen molar-refractivity contribution in [3.8, 4) is 17.2 Å². The number of amides is 1. The van der Waals surface area contributed by atoms with E-state index in [0.717, 1.165) is 24.0 Å². The van der Waals surface area contributed by atoms with Gasteiger partial charge in [0.2, 0.25) is 12.7 Å². The minimum absolute atomic E-state index is 0.0466. The molecule has 0 bridgehead atoms. The van der Waals surface area contributed by atoms with Gasteiger partial charge >= 0.3 is 5.97 Å². The zero-order valence-electron chi connectivity index (χ0n) is 23.8. The highest BCUT2D eigenvalue weighted by atomic mass is 16.7. The molecule has 1 saturated heterocycles. The van der Waals surface area contributed by atoms with Crippen LogP contribution >= 0.6 is 0 Å². The van der Waals surface area contributed by atoms with Crippen molar-refractivity contribution in [3.05, 3.63) is 53.6 Å². The van der Waals surface area contributed by atoms with Crippen molar-refractivity contribution >= 4 is 11.9 Å². The highest BCUT2D eigenvalue weighted by molar-refractivity contribution is 5.79. The van der Waals surface area contributed by atoms with E-state index < -0.39 is 17.9 Å². The highest BCUT2D eigenvalue weighted by Gasteiger charge is 2.48. The summed E-state index contributed by atoms with van der Waals surface area (Å²) in [6.45, 7) is 10.8. The minimum atomic E-state index is -0.884. The van der Waals surface area contributed by atoms with E-state index in [-0.39, 0.29) is 25.2 Å². The molecule has 212 valence electrons. The van der Waals surface area contributed by atoms with Crippen LogP contribution in [0.15, 0.2) is 42.5 Å². The molecule has 3 atom stereocenters. The predicted octanol–water partition coefficient (Wildman–Crippen LogP) is 5.19. The number of hydrogen-bond donors (Lipinski definition) is 1. The van der Waals surface area contributed by atoms with E-state index in [9.17, 15) is 14.7 Å². The molecular weight excluding hydrogens is 496 g/mol. The number of rotatable bonds is 12. The van der Waals surface area contributed by atoms with E-state index in [4.69, 9.17) is 14.2 Å². The van der Waals surface area contributed by atoms with Crippen molar-refractivity contribution in [1.29, 1.82) is 0 Å². The molecular formula is C31H42N2O6. The van der Waals surface area contributed by atoms with E-state index in [1.807, 2.05) is 47.4 Å². The van der Waals surface area contributed by atoms with Crippen molar-refractivity contribution in [3.63, 3.8) is 0 Å². The molecule has 0 aliphatic carbocycles. The lowest BCUT2D eigenvalue weighted by molar-refractivity contribution is -0.144. The molecule has 2 aliphatic rings. The molecule has 0 saturated carbocycles. The molecule has 2 aliphatic heterocycles. The van der Waals surface area contributed by atoms with Crippen molar-refractivity contribution in [2.45, 2.75) is 52.5 Å². The summed E-state index contributed by atoms with van der Waals surface area (Å²) in [6, 6.07) is 12.7. The van der Waals surface area contributed by atoms with Crippen LogP contribution in [0, 0.1) is 17.8 Å².